The van der Waals surface area contributed by atoms with Crippen molar-refractivity contribution in [1.29, 1.82) is 0 Å². The molecule has 0 unspecified atom stereocenters. The van der Waals surface area contributed by atoms with E-state index in [-0.39, 0.29) is 12.2 Å². The predicted octanol–water partition coefficient (Wildman–Crippen LogP) is -2.71. The highest BCUT2D eigenvalue weighted by Gasteiger charge is 2.33. The van der Waals surface area contributed by atoms with Crippen molar-refractivity contribution in [2.75, 3.05) is 6.54 Å². The van der Waals surface area contributed by atoms with E-state index in [4.69, 9.17) is 15.9 Å². The smallest absolute Gasteiger partial charge is 0.326 e. The van der Waals surface area contributed by atoms with Crippen molar-refractivity contribution in [2.24, 2.45) is 5.73 Å². The first-order valence-electron chi connectivity index (χ1n) is 9.45. The first-order chi connectivity index (χ1) is 14.9. The number of carboxylic acid groups (broad SMARTS) is 2. The first-order valence-corrected chi connectivity index (χ1v) is 9.45. The fraction of sp³-hybridized carbons (Fsp3) is 0.421. The summed E-state index contributed by atoms with van der Waals surface area (Å²) in [7, 11) is 0. The maximum Gasteiger partial charge on any atom is 0.326 e. The van der Waals surface area contributed by atoms with Crippen molar-refractivity contribution in [3.63, 3.8) is 0 Å². The molecule has 0 fully saturated rings. The van der Waals surface area contributed by atoms with Crippen molar-refractivity contribution in [3.8, 4) is 5.75 Å². The number of carbonyl (C=O) groups is 5. The average molecular weight is 454 g/mol. The fourth-order valence-corrected chi connectivity index (χ4v) is 2.63. The van der Waals surface area contributed by atoms with Crippen LogP contribution in [0.15, 0.2) is 24.3 Å². The molecule has 0 aliphatic heterocycles. The molecule has 176 valence electrons. The lowest BCUT2D eigenvalue weighted by molar-refractivity contribution is -0.148. The van der Waals surface area contributed by atoms with Crippen molar-refractivity contribution in [1.82, 2.24) is 16.0 Å². The lowest BCUT2D eigenvalue weighted by atomic mass is 10.0. The summed E-state index contributed by atoms with van der Waals surface area (Å²) < 4.78 is 0. The SMILES string of the molecule is C[C@@H](O)[C@H](NC(=O)[C@H](Cc1ccc(O)cc1)NC(=O)CN)C(=O)N[C@@H](CC(=O)O)C(=O)O. The van der Waals surface area contributed by atoms with Crippen LogP contribution in [0.5, 0.6) is 5.75 Å². The number of nitrogens with one attached hydrogen (secondary N) is 3. The topological polar surface area (TPSA) is 228 Å². The fourth-order valence-electron chi connectivity index (χ4n) is 2.63. The number of aliphatic hydroxyl groups excluding tert-OH is 1. The first kappa shape index (κ1) is 26.3. The Labute approximate surface area is 182 Å². The highest BCUT2D eigenvalue weighted by Crippen LogP contribution is 2.12. The Morgan fingerprint density at radius 3 is 2.00 bits per heavy atom. The van der Waals surface area contributed by atoms with Gasteiger partial charge in [0.1, 0.15) is 23.9 Å². The van der Waals surface area contributed by atoms with Gasteiger partial charge in [0.25, 0.3) is 0 Å². The lowest BCUT2D eigenvalue weighted by Crippen LogP contribution is -2.59. The molecule has 3 amide bonds. The van der Waals surface area contributed by atoms with Gasteiger partial charge in [-0.1, -0.05) is 12.1 Å². The number of aliphatic hydroxyl groups is 1. The number of benzene rings is 1. The van der Waals surface area contributed by atoms with E-state index in [9.17, 15) is 34.2 Å². The van der Waals surface area contributed by atoms with Crippen LogP contribution in [-0.2, 0) is 30.4 Å². The Morgan fingerprint density at radius 2 is 1.53 bits per heavy atom. The van der Waals surface area contributed by atoms with Crippen LogP contribution in [0, 0.1) is 0 Å². The average Bonchev–Trinajstić information content (AvgIpc) is 2.71. The zero-order valence-electron chi connectivity index (χ0n) is 17.1. The number of rotatable bonds is 12. The number of carboxylic acids is 2. The minimum absolute atomic E-state index is 0.0130. The Kier molecular flexibility index (Phi) is 10.1. The normalized spacial score (nSPS) is 14.3. The van der Waals surface area contributed by atoms with E-state index in [0.29, 0.717) is 5.56 Å². The van der Waals surface area contributed by atoms with Gasteiger partial charge in [0.15, 0.2) is 0 Å². The van der Waals surface area contributed by atoms with Gasteiger partial charge < -0.3 is 42.1 Å². The number of hydrogen-bond donors (Lipinski definition) is 8. The molecule has 1 rings (SSSR count). The molecule has 0 spiro atoms. The second kappa shape index (κ2) is 12.2. The molecule has 0 radical (unpaired) electrons. The Bertz CT molecular complexity index is 842. The van der Waals surface area contributed by atoms with Crippen LogP contribution in [0.4, 0.5) is 0 Å². The molecule has 0 aliphatic carbocycles. The summed E-state index contributed by atoms with van der Waals surface area (Å²) in [4.78, 5) is 58.9. The molecule has 0 saturated carbocycles. The molecule has 4 atom stereocenters. The molecule has 1 aromatic rings. The third-order valence-corrected chi connectivity index (χ3v) is 4.27. The monoisotopic (exact) mass is 454 g/mol. The summed E-state index contributed by atoms with van der Waals surface area (Å²) in [6.07, 6.45) is -2.46. The van der Waals surface area contributed by atoms with Crippen LogP contribution in [-0.4, -0.2) is 80.9 Å². The highest BCUT2D eigenvalue weighted by molar-refractivity contribution is 5.94. The number of aliphatic carboxylic acids is 2. The zero-order valence-corrected chi connectivity index (χ0v) is 17.1. The van der Waals surface area contributed by atoms with Gasteiger partial charge in [-0.25, -0.2) is 4.79 Å². The van der Waals surface area contributed by atoms with Crippen molar-refractivity contribution in [3.05, 3.63) is 29.8 Å². The van der Waals surface area contributed by atoms with Crippen molar-refractivity contribution < 1.29 is 44.4 Å². The summed E-state index contributed by atoms with van der Waals surface area (Å²) in [5.74, 6) is -5.79. The summed E-state index contributed by atoms with van der Waals surface area (Å²) >= 11 is 0. The van der Waals surface area contributed by atoms with E-state index in [1.54, 1.807) is 0 Å². The second-order valence-electron chi connectivity index (χ2n) is 6.92. The number of aromatic hydroxyl groups is 1. The zero-order chi connectivity index (χ0) is 24.4. The van der Waals surface area contributed by atoms with Gasteiger partial charge in [-0.3, -0.25) is 19.2 Å². The van der Waals surface area contributed by atoms with E-state index < -0.39 is 66.9 Å². The quantitative estimate of drug-likeness (QED) is 0.163. The number of hydrogen-bond acceptors (Lipinski definition) is 8. The van der Waals surface area contributed by atoms with Crippen molar-refractivity contribution in [2.45, 2.75) is 44.0 Å². The van der Waals surface area contributed by atoms with Crippen LogP contribution in [0.3, 0.4) is 0 Å². The van der Waals surface area contributed by atoms with Gasteiger partial charge in [0.2, 0.25) is 17.7 Å². The maximum atomic E-state index is 12.8. The van der Waals surface area contributed by atoms with Gasteiger partial charge in [-0.2, -0.15) is 0 Å². The van der Waals surface area contributed by atoms with Crippen LogP contribution >= 0.6 is 0 Å². The number of nitrogens with two attached hydrogens (primary N) is 1. The largest absolute Gasteiger partial charge is 0.508 e. The number of phenolic OH excluding ortho intramolecular Hbond substituents is 1. The van der Waals surface area contributed by atoms with Crippen LogP contribution in [0.25, 0.3) is 0 Å². The minimum Gasteiger partial charge on any atom is -0.508 e. The highest BCUT2D eigenvalue weighted by atomic mass is 16.4. The summed E-state index contributed by atoms with van der Waals surface area (Å²) in [6, 6.07) is 1.10. The molecule has 0 aliphatic rings. The Hall–Kier alpha value is -3.71. The summed E-state index contributed by atoms with van der Waals surface area (Å²) in [5.41, 5.74) is 5.82. The molecule has 0 aromatic heterocycles. The lowest BCUT2D eigenvalue weighted by Gasteiger charge is -2.25. The minimum atomic E-state index is -1.79. The van der Waals surface area contributed by atoms with Gasteiger partial charge in [-0.15, -0.1) is 0 Å². The molecule has 0 heterocycles. The van der Waals surface area contributed by atoms with E-state index in [1.165, 1.54) is 24.3 Å². The molecule has 13 heteroatoms. The number of carbonyl (C=O) groups excluding carboxylic acids is 3. The number of amides is 3. The molecule has 0 saturated heterocycles. The maximum absolute atomic E-state index is 12.8. The van der Waals surface area contributed by atoms with Crippen LogP contribution in [0.1, 0.15) is 18.9 Å². The molecule has 0 bridgehead atoms. The molecule has 9 N–H and O–H groups in total. The van der Waals surface area contributed by atoms with Crippen LogP contribution < -0.4 is 21.7 Å². The molecule has 32 heavy (non-hydrogen) atoms. The van der Waals surface area contributed by atoms with Crippen molar-refractivity contribution >= 4 is 29.7 Å². The van der Waals surface area contributed by atoms with E-state index in [2.05, 4.69) is 10.6 Å². The van der Waals surface area contributed by atoms with Gasteiger partial charge >= 0.3 is 11.9 Å². The van der Waals surface area contributed by atoms with E-state index in [1.807, 2.05) is 5.32 Å². The Morgan fingerprint density at radius 1 is 0.938 bits per heavy atom. The van der Waals surface area contributed by atoms with Gasteiger partial charge in [0.05, 0.1) is 19.1 Å². The summed E-state index contributed by atoms with van der Waals surface area (Å²) in [5, 5.41) is 43.7. The number of phenols is 1. The molecular weight excluding hydrogens is 428 g/mol. The Balaban J connectivity index is 3.01. The standard InChI is InChI=1S/C19H26N4O9/c1-9(24)16(18(30)22-13(19(31)32)7-15(27)28)23-17(29)12(21-14(26)8-20)6-10-2-4-11(25)5-3-10/h2-5,9,12-13,16,24-25H,6-8,20H2,1H3,(H,21,26)(H,22,30)(H,23,29)(H,27,28)(H,31,32)/t9-,12+,13+,16+/m1/s1. The third-order valence-electron chi connectivity index (χ3n) is 4.27. The van der Waals surface area contributed by atoms with Gasteiger partial charge in [-0.05, 0) is 24.6 Å². The van der Waals surface area contributed by atoms with E-state index >= 15 is 0 Å². The molecular formula is C19H26N4O9. The molecule has 13 nitrogen and oxygen atoms in total. The second-order valence-corrected chi connectivity index (χ2v) is 6.92. The third kappa shape index (κ3) is 8.57. The van der Waals surface area contributed by atoms with E-state index in [0.717, 1.165) is 6.92 Å². The predicted molar refractivity (Wildman–Crippen MR) is 108 cm³/mol. The molecule has 1 aromatic carbocycles. The summed E-state index contributed by atoms with van der Waals surface area (Å²) in [6.45, 7) is 0.736. The van der Waals surface area contributed by atoms with Gasteiger partial charge in [0, 0.05) is 6.42 Å². The van der Waals surface area contributed by atoms with Crippen LogP contribution in [0.2, 0.25) is 0 Å².